The molecule has 0 aliphatic carbocycles. The monoisotopic (exact) mass is 220 g/mol. The van der Waals surface area contributed by atoms with Crippen LogP contribution in [0.5, 0.6) is 0 Å². The van der Waals surface area contributed by atoms with Crippen LogP contribution in [0.2, 0.25) is 0 Å². The third-order valence-electron chi connectivity index (χ3n) is 1.79. The summed E-state index contributed by atoms with van der Waals surface area (Å²) in [6, 6.07) is 3.03. The average molecular weight is 221 g/mol. The summed E-state index contributed by atoms with van der Waals surface area (Å²) in [7, 11) is 4.19. The number of hydrogen-bond acceptors (Lipinski definition) is 2. The summed E-state index contributed by atoms with van der Waals surface area (Å²) in [4.78, 5) is 6.30. The first kappa shape index (κ1) is 16.1. The topological polar surface area (TPSA) is 18.6 Å². The lowest BCUT2D eigenvalue weighted by molar-refractivity contribution is -0.518. The molecule has 0 spiro atoms. The van der Waals surface area contributed by atoms with Crippen molar-refractivity contribution in [1.82, 2.24) is 4.90 Å². The summed E-state index contributed by atoms with van der Waals surface area (Å²) < 4.78 is 2.13. The van der Waals surface area contributed by atoms with Crippen LogP contribution in [-0.2, 0) is 0 Å². The van der Waals surface area contributed by atoms with E-state index in [-0.39, 0.29) is 12.4 Å². The van der Waals surface area contributed by atoms with Gasteiger partial charge in [0.25, 0.3) is 0 Å². The van der Waals surface area contributed by atoms with Crippen molar-refractivity contribution in [1.29, 1.82) is 0 Å². The van der Waals surface area contributed by atoms with Gasteiger partial charge in [-0.3, -0.25) is 0 Å². The largest absolute Gasteiger partial charge is 0.309 e. The Balaban J connectivity index is 0. The molecule has 0 aromatic rings. The maximum Gasteiger partial charge on any atom is 0.306 e. The van der Waals surface area contributed by atoms with E-state index >= 15 is 0 Å². The summed E-state index contributed by atoms with van der Waals surface area (Å²) in [5.41, 5.74) is 0. The quantitative estimate of drug-likeness (QED) is 0.491. The minimum Gasteiger partial charge on any atom is -0.309 e. The van der Waals surface area contributed by atoms with Gasteiger partial charge in [0.15, 0.2) is 0 Å². The minimum absolute atomic E-state index is 0. The van der Waals surface area contributed by atoms with Crippen LogP contribution in [0.4, 0.5) is 0 Å². The van der Waals surface area contributed by atoms with Gasteiger partial charge < -0.3 is 4.90 Å². The molecule has 3 nitrogen and oxygen atoms in total. The van der Waals surface area contributed by atoms with Crippen molar-refractivity contribution in [3.63, 3.8) is 0 Å². The molecule has 0 amide bonds. The average Bonchev–Trinajstić information content (AvgIpc) is 2.10. The Morgan fingerprint density at radius 3 is 2.36 bits per heavy atom. The van der Waals surface area contributed by atoms with E-state index in [4.69, 9.17) is 0 Å². The molecule has 0 N–H and O–H groups in total. The number of rotatable bonds is 6. The summed E-state index contributed by atoms with van der Waals surface area (Å²) in [6.07, 6.45) is 1.17. The molecule has 14 heavy (non-hydrogen) atoms. The standard InChI is InChI=1S/C10H22N3.ClH/c1-5-11-10-13(6-2)9-7-8-12(3)4;/h5-9H2,1-4H3;1H/q+1;. The summed E-state index contributed by atoms with van der Waals surface area (Å²) in [6.45, 7) is 8.16. The van der Waals surface area contributed by atoms with E-state index < -0.39 is 0 Å². The van der Waals surface area contributed by atoms with Crippen LogP contribution in [0.1, 0.15) is 20.3 Å². The molecule has 0 saturated heterocycles. The van der Waals surface area contributed by atoms with Gasteiger partial charge in [-0.2, -0.15) is 0 Å². The third-order valence-corrected chi connectivity index (χ3v) is 1.79. The molecule has 0 saturated carbocycles. The van der Waals surface area contributed by atoms with Crippen LogP contribution < -0.4 is 0 Å². The Bertz CT molecular complexity index is 184. The lowest BCUT2D eigenvalue weighted by atomic mass is 10.4. The second kappa shape index (κ2) is 10.7. The van der Waals surface area contributed by atoms with Crippen molar-refractivity contribution >= 4 is 18.4 Å². The Labute approximate surface area is 93.9 Å². The second-order valence-corrected chi connectivity index (χ2v) is 3.31. The molecule has 0 radical (unpaired) electrons. The third kappa shape index (κ3) is 9.72. The van der Waals surface area contributed by atoms with Gasteiger partial charge in [0.2, 0.25) is 0 Å². The van der Waals surface area contributed by atoms with Gasteiger partial charge in [0.1, 0.15) is 6.54 Å². The fourth-order valence-electron chi connectivity index (χ4n) is 1.03. The van der Waals surface area contributed by atoms with Crippen molar-refractivity contribution < 1.29 is 4.58 Å². The number of nitrogens with zero attached hydrogens (tertiary/aromatic N) is 3. The van der Waals surface area contributed by atoms with Crippen molar-refractivity contribution in [2.75, 3.05) is 40.3 Å². The van der Waals surface area contributed by atoms with Gasteiger partial charge in [-0.15, -0.1) is 12.4 Å². The minimum atomic E-state index is 0. The first-order valence-electron chi connectivity index (χ1n) is 5.02. The van der Waals surface area contributed by atoms with Crippen LogP contribution in [0, 0.1) is 0 Å². The molecule has 84 valence electrons. The first-order chi connectivity index (χ1) is 6.20. The predicted octanol–water partition coefficient (Wildman–Crippen LogP) is 1.59. The molecule has 4 heteroatoms. The molecular formula is C10H23ClN3+. The molecule has 0 unspecified atom stereocenters. The molecule has 0 bridgehead atoms. The number of hydrogen-bond donors (Lipinski definition) is 0. The Morgan fingerprint density at radius 1 is 1.29 bits per heavy atom. The van der Waals surface area contributed by atoms with Gasteiger partial charge >= 0.3 is 6.01 Å². The molecule has 0 aliphatic heterocycles. The van der Waals surface area contributed by atoms with E-state index in [1.54, 1.807) is 0 Å². The van der Waals surface area contributed by atoms with Gasteiger partial charge in [-0.25, -0.2) is 4.58 Å². The Morgan fingerprint density at radius 2 is 1.93 bits per heavy atom. The Hall–Kier alpha value is -0.370. The summed E-state index contributed by atoms with van der Waals surface area (Å²) in [5.74, 6) is 0. The van der Waals surface area contributed by atoms with Crippen molar-refractivity contribution in [3.8, 4) is 0 Å². The summed E-state index contributed by atoms with van der Waals surface area (Å²) >= 11 is 0. The molecule has 0 aromatic heterocycles. The SMILES string of the molecule is CCN=C=[N+](CC)CCCN(C)C.Cl. The van der Waals surface area contributed by atoms with Crippen molar-refractivity contribution in [2.24, 2.45) is 4.99 Å². The van der Waals surface area contributed by atoms with E-state index in [2.05, 4.69) is 41.5 Å². The maximum absolute atomic E-state index is 4.10. The van der Waals surface area contributed by atoms with Crippen LogP contribution in [0.15, 0.2) is 4.99 Å². The lowest BCUT2D eigenvalue weighted by Gasteiger charge is -2.07. The highest BCUT2D eigenvalue weighted by atomic mass is 35.5. The highest BCUT2D eigenvalue weighted by molar-refractivity contribution is 5.85. The molecule has 0 rings (SSSR count). The maximum atomic E-state index is 4.10. The zero-order chi connectivity index (χ0) is 10.1. The van der Waals surface area contributed by atoms with E-state index in [0.29, 0.717) is 0 Å². The molecular weight excluding hydrogens is 198 g/mol. The fourth-order valence-corrected chi connectivity index (χ4v) is 1.03. The molecule has 0 heterocycles. The molecule has 0 atom stereocenters. The highest BCUT2D eigenvalue weighted by Gasteiger charge is 1.97. The molecule has 0 fully saturated rings. The van der Waals surface area contributed by atoms with Crippen LogP contribution in [0.3, 0.4) is 0 Å². The summed E-state index contributed by atoms with van der Waals surface area (Å²) in [5, 5.41) is 0. The number of aliphatic imine (C=N–C) groups is 1. The molecule has 0 aliphatic rings. The van der Waals surface area contributed by atoms with Gasteiger partial charge in [0.05, 0.1) is 13.1 Å². The van der Waals surface area contributed by atoms with Crippen molar-refractivity contribution in [2.45, 2.75) is 20.3 Å². The van der Waals surface area contributed by atoms with E-state index in [9.17, 15) is 0 Å². The second-order valence-electron chi connectivity index (χ2n) is 3.31. The van der Waals surface area contributed by atoms with Crippen molar-refractivity contribution in [3.05, 3.63) is 0 Å². The first-order valence-corrected chi connectivity index (χ1v) is 5.02. The smallest absolute Gasteiger partial charge is 0.306 e. The van der Waals surface area contributed by atoms with E-state index in [1.165, 1.54) is 6.42 Å². The Kier molecular flexibility index (Phi) is 12.3. The zero-order valence-electron chi connectivity index (χ0n) is 9.79. The fraction of sp³-hybridized carbons (Fsp3) is 0.900. The zero-order valence-corrected chi connectivity index (χ0v) is 10.6. The predicted molar refractivity (Wildman–Crippen MR) is 64.1 cm³/mol. The molecule has 0 aromatic carbocycles. The van der Waals surface area contributed by atoms with E-state index in [0.717, 1.165) is 26.2 Å². The van der Waals surface area contributed by atoms with Gasteiger partial charge in [-0.1, -0.05) is 0 Å². The van der Waals surface area contributed by atoms with Crippen LogP contribution >= 0.6 is 12.4 Å². The highest BCUT2D eigenvalue weighted by Crippen LogP contribution is 1.84. The van der Waals surface area contributed by atoms with E-state index in [1.807, 2.05) is 6.92 Å². The van der Waals surface area contributed by atoms with Crippen LogP contribution in [0.25, 0.3) is 0 Å². The lowest BCUT2D eigenvalue weighted by Crippen LogP contribution is -2.19. The van der Waals surface area contributed by atoms with Gasteiger partial charge in [-0.05, 0) is 39.4 Å². The normalized spacial score (nSPS) is 9.21. The van der Waals surface area contributed by atoms with Gasteiger partial charge in [0, 0.05) is 6.54 Å². The number of halogens is 1. The van der Waals surface area contributed by atoms with Crippen LogP contribution in [-0.4, -0.2) is 55.8 Å².